The van der Waals surface area contributed by atoms with Crippen LogP contribution in [0.15, 0.2) is 53.4 Å². The average Bonchev–Trinajstić information content (AvgIpc) is 2.52. The zero-order valence-electron chi connectivity index (χ0n) is 12.3. The first-order valence-electron chi connectivity index (χ1n) is 6.72. The van der Waals surface area contributed by atoms with E-state index < -0.39 is 27.7 Å². The van der Waals surface area contributed by atoms with Crippen LogP contribution in [0, 0.1) is 5.82 Å². The van der Waals surface area contributed by atoms with Gasteiger partial charge >= 0.3 is 11.8 Å². The van der Waals surface area contributed by atoms with Crippen molar-refractivity contribution in [2.45, 2.75) is 11.4 Å². The average molecular weight is 351 g/mol. The summed E-state index contributed by atoms with van der Waals surface area (Å²) >= 11 is 0. The Bertz CT molecular complexity index is 867. The highest BCUT2D eigenvalue weighted by molar-refractivity contribution is 7.89. The number of hydrogen-bond acceptors (Lipinski definition) is 4. The summed E-state index contributed by atoms with van der Waals surface area (Å²) in [5.41, 5.74) is 0.738. The van der Waals surface area contributed by atoms with E-state index in [0.29, 0.717) is 5.56 Å². The molecule has 0 aliphatic heterocycles. The minimum absolute atomic E-state index is 0.0142. The fraction of sp³-hybridized carbons (Fsp3) is 0.0667. The van der Waals surface area contributed by atoms with Crippen LogP contribution in [0.4, 0.5) is 10.1 Å². The topological polar surface area (TPSA) is 118 Å². The molecular weight excluding hydrogens is 337 g/mol. The van der Waals surface area contributed by atoms with Gasteiger partial charge in [-0.25, -0.2) is 17.9 Å². The molecule has 0 radical (unpaired) electrons. The van der Waals surface area contributed by atoms with Gasteiger partial charge in [0, 0.05) is 12.2 Å². The Morgan fingerprint density at radius 2 is 1.71 bits per heavy atom. The molecule has 126 valence electrons. The summed E-state index contributed by atoms with van der Waals surface area (Å²) in [6, 6.07) is 10.6. The molecule has 0 bridgehead atoms. The Hall–Kier alpha value is -2.78. The van der Waals surface area contributed by atoms with Crippen molar-refractivity contribution in [1.82, 2.24) is 5.32 Å². The second-order valence-corrected chi connectivity index (χ2v) is 6.40. The van der Waals surface area contributed by atoms with E-state index in [-0.39, 0.29) is 17.1 Å². The van der Waals surface area contributed by atoms with Gasteiger partial charge in [0.25, 0.3) is 0 Å². The van der Waals surface area contributed by atoms with Crippen molar-refractivity contribution in [2.75, 3.05) is 5.32 Å². The second kappa shape index (κ2) is 7.20. The van der Waals surface area contributed by atoms with Crippen LogP contribution < -0.4 is 15.8 Å². The summed E-state index contributed by atoms with van der Waals surface area (Å²) in [7, 11) is -3.78. The highest BCUT2D eigenvalue weighted by atomic mass is 32.2. The quantitative estimate of drug-likeness (QED) is 0.704. The predicted molar refractivity (Wildman–Crippen MR) is 84.7 cm³/mol. The Kier molecular flexibility index (Phi) is 5.27. The normalized spacial score (nSPS) is 10.9. The van der Waals surface area contributed by atoms with Crippen molar-refractivity contribution in [1.29, 1.82) is 0 Å². The lowest BCUT2D eigenvalue weighted by molar-refractivity contribution is -0.136. The van der Waals surface area contributed by atoms with Crippen LogP contribution in [-0.4, -0.2) is 20.2 Å². The molecule has 0 spiro atoms. The lowest BCUT2D eigenvalue weighted by Gasteiger charge is -2.07. The summed E-state index contributed by atoms with van der Waals surface area (Å²) in [5.74, 6) is -2.39. The predicted octanol–water partition coefficient (Wildman–Crippen LogP) is 0.728. The van der Waals surface area contributed by atoms with E-state index in [1.165, 1.54) is 42.5 Å². The van der Waals surface area contributed by atoms with Crippen LogP contribution in [0.2, 0.25) is 0 Å². The SMILES string of the molecule is NS(=O)(=O)c1ccc(CNC(=O)C(=O)Nc2cccc(F)c2)cc1. The number of benzene rings is 2. The molecule has 0 atom stereocenters. The smallest absolute Gasteiger partial charge is 0.313 e. The van der Waals surface area contributed by atoms with Gasteiger partial charge in [-0.1, -0.05) is 18.2 Å². The number of primary sulfonamides is 1. The number of carbonyl (C=O) groups is 2. The molecule has 0 heterocycles. The molecule has 2 aromatic rings. The third kappa shape index (κ3) is 4.86. The zero-order chi connectivity index (χ0) is 17.7. The molecule has 9 heteroatoms. The number of carbonyl (C=O) groups excluding carboxylic acids is 2. The highest BCUT2D eigenvalue weighted by Gasteiger charge is 2.14. The van der Waals surface area contributed by atoms with Gasteiger partial charge in [-0.3, -0.25) is 9.59 Å². The van der Waals surface area contributed by atoms with Gasteiger partial charge in [-0.05, 0) is 35.9 Å². The first kappa shape index (κ1) is 17.6. The fourth-order valence-corrected chi connectivity index (χ4v) is 2.33. The van der Waals surface area contributed by atoms with Crippen molar-refractivity contribution >= 4 is 27.5 Å². The third-order valence-electron chi connectivity index (χ3n) is 2.99. The van der Waals surface area contributed by atoms with Crippen molar-refractivity contribution in [3.05, 3.63) is 59.9 Å². The van der Waals surface area contributed by atoms with E-state index in [0.717, 1.165) is 6.07 Å². The Morgan fingerprint density at radius 3 is 2.29 bits per heavy atom. The maximum atomic E-state index is 13.0. The van der Waals surface area contributed by atoms with Crippen molar-refractivity contribution in [2.24, 2.45) is 5.14 Å². The summed E-state index contributed by atoms with van der Waals surface area (Å²) < 4.78 is 35.3. The maximum absolute atomic E-state index is 13.0. The Morgan fingerprint density at radius 1 is 1.04 bits per heavy atom. The molecule has 24 heavy (non-hydrogen) atoms. The van der Waals surface area contributed by atoms with Crippen LogP contribution >= 0.6 is 0 Å². The van der Waals surface area contributed by atoms with Crippen LogP contribution in [0.1, 0.15) is 5.56 Å². The number of halogens is 1. The van der Waals surface area contributed by atoms with E-state index in [9.17, 15) is 22.4 Å². The fourth-order valence-electron chi connectivity index (χ4n) is 1.81. The molecular formula is C15H14FN3O4S. The number of nitrogens with one attached hydrogen (secondary N) is 2. The van der Waals surface area contributed by atoms with Gasteiger partial charge in [0.15, 0.2) is 0 Å². The summed E-state index contributed by atoms with van der Waals surface area (Å²) in [4.78, 5) is 23.3. The molecule has 2 rings (SSSR count). The first-order valence-corrected chi connectivity index (χ1v) is 8.27. The molecule has 4 N–H and O–H groups in total. The van der Waals surface area contributed by atoms with Crippen molar-refractivity contribution in [3.8, 4) is 0 Å². The molecule has 0 aliphatic rings. The molecule has 0 saturated carbocycles. The van der Waals surface area contributed by atoms with Gasteiger partial charge in [-0.2, -0.15) is 0 Å². The van der Waals surface area contributed by atoms with Gasteiger partial charge < -0.3 is 10.6 Å². The molecule has 0 aliphatic carbocycles. The van der Waals surface area contributed by atoms with Gasteiger partial charge in [0.1, 0.15) is 5.82 Å². The summed E-state index contributed by atoms with van der Waals surface area (Å²) in [5, 5.41) is 9.60. The molecule has 7 nitrogen and oxygen atoms in total. The molecule has 0 fully saturated rings. The van der Waals surface area contributed by atoms with Crippen molar-refractivity contribution < 1.29 is 22.4 Å². The van der Waals surface area contributed by atoms with E-state index in [4.69, 9.17) is 5.14 Å². The number of nitrogens with two attached hydrogens (primary N) is 1. The number of amides is 2. The van der Waals surface area contributed by atoms with Crippen LogP contribution in [0.5, 0.6) is 0 Å². The van der Waals surface area contributed by atoms with E-state index >= 15 is 0 Å². The van der Waals surface area contributed by atoms with Gasteiger partial charge in [0.2, 0.25) is 10.0 Å². The third-order valence-corrected chi connectivity index (χ3v) is 3.92. The van der Waals surface area contributed by atoms with E-state index in [2.05, 4.69) is 10.6 Å². The minimum atomic E-state index is -3.78. The van der Waals surface area contributed by atoms with Gasteiger partial charge in [-0.15, -0.1) is 0 Å². The molecule has 0 saturated heterocycles. The Balaban J connectivity index is 1.91. The molecule has 0 unspecified atom stereocenters. The lowest BCUT2D eigenvalue weighted by atomic mass is 10.2. The molecule has 0 aromatic heterocycles. The molecule has 2 aromatic carbocycles. The highest BCUT2D eigenvalue weighted by Crippen LogP contribution is 2.10. The van der Waals surface area contributed by atoms with Gasteiger partial charge in [0.05, 0.1) is 4.90 Å². The van der Waals surface area contributed by atoms with Crippen LogP contribution in [0.3, 0.4) is 0 Å². The monoisotopic (exact) mass is 351 g/mol. The molecule has 2 amide bonds. The minimum Gasteiger partial charge on any atom is -0.344 e. The summed E-state index contributed by atoms with van der Waals surface area (Å²) in [6.07, 6.45) is 0. The number of hydrogen-bond donors (Lipinski definition) is 3. The van der Waals surface area contributed by atoms with Crippen LogP contribution in [0.25, 0.3) is 0 Å². The number of sulfonamides is 1. The van der Waals surface area contributed by atoms with E-state index in [1.54, 1.807) is 0 Å². The number of rotatable bonds is 4. The van der Waals surface area contributed by atoms with E-state index in [1.807, 2.05) is 0 Å². The first-order chi connectivity index (χ1) is 11.3. The lowest BCUT2D eigenvalue weighted by Crippen LogP contribution is -2.34. The summed E-state index contributed by atoms with van der Waals surface area (Å²) in [6.45, 7) is 0.0142. The zero-order valence-corrected chi connectivity index (χ0v) is 13.1. The maximum Gasteiger partial charge on any atom is 0.313 e. The second-order valence-electron chi connectivity index (χ2n) is 4.84. The van der Waals surface area contributed by atoms with Crippen molar-refractivity contribution in [3.63, 3.8) is 0 Å². The van der Waals surface area contributed by atoms with Crippen LogP contribution in [-0.2, 0) is 26.2 Å². The standard InChI is InChI=1S/C15H14FN3O4S/c16-11-2-1-3-12(8-11)19-15(21)14(20)18-9-10-4-6-13(7-5-10)24(17,22)23/h1-8H,9H2,(H,18,20)(H,19,21)(H2,17,22,23). The largest absolute Gasteiger partial charge is 0.344 e. The Labute approximate surface area is 137 Å². The number of anilines is 1.